The van der Waals surface area contributed by atoms with Gasteiger partial charge in [0.25, 0.3) is 0 Å². The Labute approximate surface area is 178 Å². The van der Waals surface area contributed by atoms with Crippen LogP contribution in [0, 0.1) is 11.3 Å². The standard InChI is InChI=1S/C23H20N4O2S/c24-12-20-19-9-11-27(14-21(19)30-23(20)25)22(28)8-5-16-3-6-18(7-4-16)29-15-17-2-1-10-26-13-17/h1-8,10,13H,9,11,14-15,25H2/b8-5+. The number of nitriles is 1. The maximum atomic E-state index is 12.6. The van der Waals surface area contributed by atoms with Gasteiger partial charge in [0, 0.05) is 35.5 Å². The first-order valence-corrected chi connectivity index (χ1v) is 10.3. The summed E-state index contributed by atoms with van der Waals surface area (Å²) in [5, 5.41) is 9.77. The van der Waals surface area contributed by atoms with Gasteiger partial charge in [0.1, 0.15) is 23.4 Å². The first-order valence-electron chi connectivity index (χ1n) is 9.53. The number of rotatable bonds is 5. The highest BCUT2D eigenvalue weighted by atomic mass is 32.1. The largest absolute Gasteiger partial charge is 0.489 e. The van der Waals surface area contributed by atoms with Crippen LogP contribution < -0.4 is 10.5 Å². The average Bonchev–Trinajstić information content (AvgIpc) is 3.11. The molecule has 150 valence electrons. The van der Waals surface area contributed by atoms with E-state index in [-0.39, 0.29) is 5.91 Å². The van der Waals surface area contributed by atoms with Crippen molar-refractivity contribution in [3.63, 3.8) is 0 Å². The van der Waals surface area contributed by atoms with E-state index in [2.05, 4.69) is 11.1 Å². The molecular formula is C23H20N4O2S. The van der Waals surface area contributed by atoms with E-state index in [9.17, 15) is 10.1 Å². The lowest BCUT2D eigenvalue weighted by Crippen LogP contribution is -2.34. The molecule has 0 unspecified atom stereocenters. The number of nitrogens with zero attached hydrogens (tertiary/aromatic N) is 3. The van der Waals surface area contributed by atoms with E-state index in [1.807, 2.05) is 36.4 Å². The summed E-state index contributed by atoms with van der Waals surface area (Å²) in [7, 11) is 0. The van der Waals surface area contributed by atoms with Crippen LogP contribution in [0.2, 0.25) is 0 Å². The minimum absolute atomic E-state index is 0.0527. The fourth-order valence-corrected chi connectivity index (χ4v) is 4.42. The lowest BCUT2D eigenvalue weighted by atomic mass is 10.0. The van der Waals surface area contributed by atoms with Gasteiger partial charge in [-0.3, -0.25) is 9.78 Å². The molecule has 0 bridgehead atoms. The highest BCUT2D eigenvalue weighted by Gasteiger charge is 2.25. The number of amides is 1. The first kappa shape index (κ1) is 19.7. The molecule has 3 heterocycles. The fraction of sp³-hybridized carbons (Fsp3) is 0.174. The van der Waals surface area contributed by atoms with E-state index in [1.165, 1.54) is 11.3 Å². The molecule has 6 nitrogen and oxygen atoms in total. The molecule has 4 rings (SSSR count). The smallest absolute Gasteiger partial charge is 0.246 e. The van der Waals surface area contributed by atoms with Gasteiger partial charge in [0.2, 0.25) is 5.91 Å². The van der Waals surface area contributed by atoms with Crippen molar-refractivity contribution in [3.8, 4) is 11.8 Å². The van der Waals surface area contributed by atoms with E-state index in [0.717, 1.165) is 27.3 Å². The Morgan fingerprint density at radius 2 is 2.17 bits per heavy atom. The van der Waals surface area contributed by atoms with Crippen molar-refractivity contribution in [2.45, 2.75) is 19.6 Å². The predicted octanol–water partition coefficient (Wildman–Crippen LogP) is 3.77. The lowest BCUT2D eigenvalue weighted by Gasteiger charge is -2.25. The molecule has 30 heavy (non-hydrogen) atoms. The van der Waals surface area contributed by atoms with E-state index in [1.54, 1.807) is 29.4 Å². The molecule has 1 amide bonds. The van der Waals surface area contributed by atoms with Crippen LogP contribution in [0.5, 0.6) is 5.75 Å². The Morgan fingerprint density at radius 1 is 1.33 bits per heavy atom. The molecule has 0 saturated carbocycles. The minimum atomic E-state index is -0.0527. The van der Waals surface area contributed by atoms with Crippen molar-refractivity contribution in [1.82, 2.24) is 9.88 Å². The number of ether oxygens (including phenoxy) is 1. The van der Waals surface area contributed by atoms with Gasteiger partial charge in [-0.05, 0) is 41.8 Å². The van der Waals surface area contributed by atoms with Gasteiger partial charge in [-0.25, -0.2) is 0 Å². The van der Waals surface area contributed by atoms with Crippen LogP contribution in [0.25, 0.3) is 6.08 Å². The molecule has 1 aliphatic rings. The highest BCUT2D eigenvalue weighted by molar-refractivity contribution is 7.16. The summed E-state index contributed by atoms with van der Waals surface area (Å²) in [5.41, 5.74) is 9.41. The van der Waals surface area contributed by atoms with Gasteiger partial charge in [-0.15, -0.1) is 11.3 Å². The number of hydrogen-bond donors (Lipinski definition) is 1. The van der Waals surface area contributed by atoms with Crippen molar-refractivity contribution in [1.29, 1.82) is 5.26 Å². The lowest BCUT2D eigenvalue weighted by molar-refractivity contribution is -0.126. The number of anilines is 1. The van der Waals surface area contributed by atoms with E-state index in [4.69, 9.17) is 10.5 Å². The molecule has 0 fully saturated rings. The van der Waals surface area contributed by atoms with Crippen molar-refractivity contribution in [2.75, 3.05) is 12.3 Å². The topological polar surface area (TPSA) is 92.2 Å². The third-order valence-corrected chi connectivity index (χ3v) is 5.98. The molecule has 1 aromatic carbocycles. The van der Waals surface area contributed by atoms with Crippen LogP contribution in [-0.4, -0.2) is 22.3 Å². The number of nitrogens with two attached hydrogens (primary N) is 1. The molecule has 0 saturated heterocycles. The number of carbonyl (C=O) groups excluding carboxylic acids is 1. The van der Waals surface area contributed by atoms with Gasteiger partial charge in [-0.2, -0.15) is 5.26 Å². The third-order valence-electron chi connectivity index (χ3n) is 4.93. The number of pyridine rings is 1. The van der Waals surface area contributed by atoms with Gasteiger partial charge in [-0.1, -0.05) is 18.2 Å². The van der Waals surface area contributed by atoms with Crippen molar-refractivity contribution in [2.24, 2.45) is 0 Å². The van der Waals surface area contributed by atoms with Crippen molar-refractivity contribution >= 4 is 28.3 Å². The summed E-state index contributed by atoms with van der Waals surface area (Å²) in [6.45, 7) is 1.54. The zero-order chi connectivity index (χ0) is 20.9. The Kier molecular flexibility index (Phi) is 5.77. The minimum Gasteiger partial charge on any atom is -0.489 e. The highest BCUT2D eigenvalue weighted by Crippen LogP contribution is 2.34. The molecule has 2 N–H and O–H groups in total. The van der Waals surface area contributed by atoms with E-state index in [0.29, 0.717) is 36.7 Å². The second-order valence-electron chi connectivity index (χ2n) is 6.92. The molecule has 0 radical (unpaired) electrons. The van der Waals surface area contributed by atoms with E-state index < -0.39 is 0 Å². The second kappa shape index (κ2) is 8.80. The molecule has 2 aromatic heterocycles. The normalized spacial score (nSPS) is 13.1. The zero-order valence-corrected chi connectivity index (χ0v) is 17.1. The van der Waals surface area contributed by atoms with Crippen LogP contribution in [0.1, 0.15) is 27.1 Å². The van der Waals surface area contributed by atoms with Crippen LogP contribution in [0.3, 0.4) is 0 Å². The summed E-state index contributed by atoms with van der Waals surface area (Å²) < 4.78 is 5.75. The number of thiophene rings is 1. The van der Waals surface area contributed by atoms with Gasteiger partial charge in [0.05, 0.1) is 12.1 Å². The Balaban J connectivity index is 1.34. The predicted molar refractivity (Wildman–Crippen MR) is 117 cm³/mol. The number of hydrogen-bond acceptors (Lipinski definition) is 6. The van der Waals surface area contributed by atoms with Crippen LogP contribution in [0.4, 0.5) is 5.00 Å². The average molecular weight is 417 g/mol. The number of fused-ring (bicyclic) bond motifs is 1. The summed E-state index contributed by atoms with van der Waals surface area (Å²) >= 11 is 1.40. The summed E-state index contributed by atoms with van der Waals surface area (Å²) in [5.74, 6) is 0.706. The fourth-order valence-electron chi connectivity index (χ4n) is 3.33. The number of carbonyl (C=O) groups is 1. The molecule has 3 aromatic rings. The van der Waals surface area contributed by atoms with Gasteiger partial charge < -0.3 is 15.4 Å². The summed E-state index contributed by atoms with van der Waals surface area (Å²) in [4.78, 5) is 19.4. The first-order chi connectivity index (χ1) is 14.6. The Bertz CT molecular complexity index is 1110. The zero-order valence-electron chi connectivity index (χ0n) is 16.2. The Morgan fingerprint density at radius 3 is 2.90 bits per heavy atom. The molecule has 7 heteroatoms. The second-order valence-corrected chi connectivity index (χ2v) is 8.05. The van der Waals surface area contributed by atoms with Crippen molar-refractivity contribution < 1.29 is 9.53 Å². The van der Waals surface area contributed by atoms with Crippen LogP contribution in [-0.2, 0) is 24.4 Å². The number of benzene rings is 1. The monoisotopic (exact) mass is 416 g/mol. The molecule has 0 aliphatic carbocycles. The Hall–Kier alpha value is -3.63. The van der Waals surface area contributed by atoms with Crippen LogP contribution >= 0.6 is 11.3 Å². The van der Waals surface area contributed by atoms with E-state index >= 15 is 0 Å². The maximum absolute atomic E-state index is 12.6. The number of aromatic nitrogens is 1. The maximum Gasteiger partial charge on any atom is 0.246 e. The molecule has 1 aliphatic heterocycles. The molecule has 0 atom stereocenters. The quantitative estimate of drug-likeness (QED) is 0.639. The van der Waals surface area contributed by atoms with Crippen molar-refractivity contribution in [3.05, 3.63) is 82.0 Å². The summed E-state index contributed by atoms with van der Waals surface area (Å²) in [6.07, 6.45) is 7.55. The molecular weight excluding hydrogens is 396 g/mol. The SMILES string of the molecule is N#Cc1c(N)sc2c1CCN(C(=O)/C=C/c1ccc(OCc3cccnc3)cc1)C2. The summed E-state index contributed by atoms with van der Waals surface area (Å²) in [6, 6.07) is 13.6. The van der Waals surface area contributed by atoms with Gasteiger partial charge >= 0.3 is 0 Å². The van der Waals surface area contributed by atoms with Crippen LogP contribution in [0.15, 0.2) is 54.9 Å². The number of nitrogen functional groups attached to an aromatic ring is 1. The molecule has 0 spiro atoms. The third kappa shape index (κ3) is 4.34. The van der Waals surface area contributed by atoms with Gasteiger partial charge in [0.15, 0.2) is 0 Å².